The van der Waals surface area contributed by atoms with Crippen molar-refractivity contribution in [1.29, 1.82) is 0 Å². The maximum Gasteiger partial charge on any atom is 0.157 e. The largest absolute Gasteiger partial charge is 0.396 e. The van der Waals surface area contributed by atoms with Gasteiger partial charge in [0.1, 0.15) is 0 Å². The molecule has 0 rings (SSSR count). The second-order valence-corrected chi connectivity index (χ2v) is 2.10. The van der Waals surface area contributed by atoms with E-state index in [4.69, 9.17) is 20.1 Å². The lowest BCUT2D eigenvalue weighted by Gasteiger charge is -2.14. The lowest BCUT2D eigenvalue weighted by Crippen LogP contribution is -2.22. The lowest BCUT2D eigenvalue weighted by atomic mass is 10.4. The molecule has 0 aliphatic rings. The van der Waals surface area contributed by atoms with E-state index in [-0.39, 0.29) is 25.7 Å². The number of hydrogen-bond acceptors (Lipinski definition) is 4. The molecule has 0 aromatic carbocycles. The summed E-state index contributed by atoms with van der Waals surface area (Å²) in [6.45, 7) is 1.41. The maximum absolute atomic E-state index is 8.86. The molecule has 0 saturated carbocycles. The average molecular weight is 150 g/mol. The quantitative estimate of drug-likeness (QED) is 0.443. The third kappa shape index (κ3) is 4.69. The first-order valence-electron chi connectivity index (χ1n) is 3.26. The van der Waals surface area contributed by atoms with Gasteiger partial charge in [0, 0.05) is 13.0 Å². The van der Waals surface area contributed by atoms with Crippen LogP contribution in [-0.4, -0.2) is 40.9 Å². The summed E-state index contributed by atoms with van der Waals surface area (Å²) in [5, 5.41) is 25.6. The highest BCUT2D eigenvalue weighted by molar-refractivity contribution is 4.47. The van der Waals surface area contributed by atoms with Crippen molar-refractivity contribution in [2.24, 2.45) is 0 Å². The molecule has 4 heteroatoms. The molecular formula is C6H14O4. The van der Waals surface area contributed by atoms with Gasteiger partial charge in [0.2, 0.25) is 0 Å². The van der Waals surface area contributed by atoms with Gasteiger partial charge in [-0.1, -0.05) is 0 Å². The summed E-state index contributed by atoms with van der Waals surface area (Å²) >= 11 is 0. The summed E-state index contributed by atoms with van der Waals surface area (Å²) < 4.78 is 4.79. The number of hydrogen-bond donors (Lipinski definition) is 3. The molecule has 0 radical (unpaired) electrons. The highest BCUT2D eigenvalue weighted by atomic mass is 16.6. The fourth-order valence-electron chi connectivity index (χ4n) is 0.490. The van der Waals surface area contributed by atoms with E-state index >= 15 is 0 Å². The molecule has 10 heavy (non-hydrogen) atoms. The van der Waals surface area contributed by atoms with Crippen molar-refractivity contribution in [2.75, 3.05) is 13.2 Å². The number of rotatable bonds is 5. The molecule has 0 heterocycles. The molecule has 0 aliphatic carbocycles. The smallest absolute Gasteiger partial charge is 0.157 e. The minimum Gasteiger partial charge on any atom is -0.396 e. The molecule has 2 unspecified atom stereocenters. The van der Waals surface area contributed by atoms with Gasteiger partial charge >= 0.3 is 0 Å². The molecule has 0 aromatic rings. The zero-order valence-corrected chi connectivity index (χ0v) is 6.03. The zero-order chi connectivity index (χ0) is 7.98. The van der Waals surface area contributed by atoms with E-state index in [1.54, 1.807) is 6.92 Å². The molecule has 3 N–H and O–H groups in total. The van der Waals surface area contributed by atoms with Gasteiger partial charge in [-0.3, -0.25) is 0 Å². The summed E-state index contributed by atoms with van der Waals surface area (Å²) in [5.41, 5.74) is 0. The topological polar surface area (TPSA) is 69.9 Å². The van der Waals surface area contributed by atoms with Crippen molar-refractivity contribution in [2.45, 2.75) is 25.7 Å². The molecule has 0 aliphatic heterocycles. The van der Waals surface area contributed by atoms with Gasteiger partial charge in [0.05, 0.1) is 12.7 Å². The van der Waals surface area contributed by atoms with Gasteiger partial charge in [-0.25, -0.2) is 0 Å². The standard InChI is InChI=1S/C6H14O4/c1-5(4-8)10-6(9)2-3-7/h5-9H,2-4H2,1H3. The Hall–Kier alpha value is -0.160. The Morgan fingerprint density at radius 3 is 2.40 bits per heavy atom. The molecule has 0 bridgehead atoms. The van der Waals surface area contributed by atoms with Gasteiger partial charge < -0.3 is 20.1 Å². The summed E-state index contributed by atoms with van der Waals surface area (Å²) in [7, 11) is 0. The monoisotopic (exact) mass is 150 g/mol. The van der Waals surface area contributed by atoms with Crippen LogP contribution < -0.4 is 0 Å². The Labute approximate surface area is 60.1 Å². The second-order valence-electron chi connectivity index (χ2n) is 2.10. The van der Waals surface area contributed by atoms with Gasteiger partial charge in [0.15, 0.2) is 6.29 Å². The van der Waals surface area contributed by atoms with E-state index in [0.717, 1.165) is 0 Å². The summed E-state index contributed by atoms with van der Waals surface area (Å²) in [4.78, 5) is 0. The van der Waals surface area contributed by atoms with E-state index in [1.165, 1.54) is 0 Å². The predicted octanol–water partition coefficient (Wildman–Crippen LogP) is -0.915. The van der Waals surface area contributed by atoms with Crippen LogP contribution in [0.25, 0.3) is 0 Å². The third-order valence-corrected chi connectivity index (χ3v) is 1.02. The minimum atomic E-state index is -0.966. The van der Waals surface area contributed by atoms with Crippen molar-refractivity contribution in [3.63, 3.8) is 0 Å². The first-order valence-corrected chi connectivity index (χ1v) is 3.26. The van der Waals surface area contributed by atoms with Crippen LogP contribution in [0.5, 0.6) is 0 Å². The fraction of sp³-hybridized carbons (Fsp3) is 1.00. The van der Waals surface area contributed by atoms with E-state index in [1.807, 2.05) is 0 Å². The number of aliphatic hydroxyl groups excluding tert-OH is 3. The SMILES string of the molecule is CC(CO)OC(O)CCO. The molecule has 0 fully saturated rings. The summed E-state index contributed by atoms with van der Waals surface area (Å²) in [6, 6.07) is 0. The molecule has 0 aromatic heterocycles. The highest BCUT2D eigenvalue weighted by Crippen LogP contribution is 1.97. The Balaban J connectivity index is 3.27. The number of ether oxygens (including phenoxy) is 1. The second kappa shape index (κ2) is 5.61. The molecule has 0 amide bonds. The van der Waals surface area contributed by atoms with Crippen molar-refractivity contribution in [1.82, 2.24) is 0 Å². The lowest BCUT2D eigenvalue weighted by molar-refractivity contribution is -0.147. The van der Waals surface area contributed by atoms with Crippen LogP contribution >= 0.6 is 0 Å². The molecule has 0 spiro atoms. The number of aliphatic hydroxyl groups is 3. The Bertz CT molecular complexity index is 76.1. The van der Waals surface area contributed by atoms with Crippen LogP contribution in [0.3, 0.4) is 0 Å². The van der Waals surface area contributed by atoms with Crippen molar-refractivity contribution >= 4 is 0 Å². The van der Waals surface area contributed by atoms with E-state index in [9.17, 15) is 0 Å². The Morgan fingerprint density at radius 1 is 1.40 bits per heavy atom. The fourth-order valence-corrected chi connectivity index (χ4v) is 0.490. The van der Waals surface area contributed by atoms with Crippen molar-refractivity contribution in [3.05, 3.63) is 0 Å². The van der Waals surface area contributed by atoms with Crippen molar-refractivity contribution < 1.29 is 20.1 Å². The molecule has 2 atom stereocenters. The molecule has 0 saturated heterocycles. The van der Waals surface area contributed by atoms with Crippen LogP contribution in [0.1, 0.15) is 13.3 Å². The van der Waals surface area contributed by atoms with Gasteiger partial charge in [-0.15, -0.1) is 0 Å². The normalized spacial score (nSPS) is 16.8. The van der Waals surface area contributed by atoms with Gasteiger partial charge in [-0.2, -0.15) is 0 Å². The Morgan fingerprint density at radius 2 is 2.00 bits per heavy atom. The highest BCUT2D eigenvalue weighted by Gasteiger charge is 2.07. The van der Waals surface area contributed by atoms with Crippen molar-refractivity contribution in [3.8, 4) is 0 Å². The van der Waals surface area contributed by atoms with E-state index in [2.05, 4.69) is 0 Å². The summed E-state index contributed by atoms with van der Waals surface area (Å²) in [5.74, 6) is 0. The zero-order valence-electron chi connectivity index (χ0n) is 6.03. The van der Waals surface area contributed by atoms with Crippen LogP contribution in [0.2, 0.25) is 0 Å². The first kappa shape index (κ1) is 9.84. The van der Waals surface area contributed by atoms with Crippen LogP contribution in [0.15, 0.2) is 0 Å². The molecular weight excluding hydrogens is 136 g/mol. The van der Waals surface area contributed by atoms with Gasteiger partial charge in [-0.05, 0) is 6.92 Å². The third-order valence-electron chi connectivity index (χ3n) is 1.02. The molecule has 62 valence electrons. The first-order chi connectivity index (χ1) is 4.70. The molecule has 4 nitrogen and oxygen atoms in total. The average Bonchev–Trinajstić information content (AvgIpc) is 1.88. The summed E-state index contributed by atoms with van der Waals surface area (Å²) in [6.07, 6.45) is -1.15. The van der Waals surface area contributed by atoms with E-state index < -0.39 is 6.29 Å². The van der Waals surface area contributed by atoms with Crippen LogP contribution in [0.4, 0.5) is 0 Å². The van der Waals surface area contributed by atoms with E-state index in [0.29, 0.717) is 0 Å². The minimum absolute atomic E-state index is 0.112. The van der Waals surface area contributed by atoms with Crippen LogP contribution in [0, 0.1) is 0 Å². The van der Waals surface area contributed by atoms with Gasteiger partial charge in [0.25, 0.3) is 0 Å². The van der Waals surface area contributed by atoms with Crippen LogP contribution in [-0.2, 0) is 4.74 Å². The maximum atomic E-state index is 8.86. The predicted molar refractivity (Wildman–Crippen MR) is 35.3 cm³/mol. The Kier molecular flexibility index (Phi) is 5.52.